The van der Waals surface area contributed by atoms with Crippen LogP contribution in [-0.4, -0.2) is 71.3 Å². The second-order valence-electron chi connectivity index (χ2n) is 7.46. The number of nitrogens with zero attached hydrogens (tertiary/aromatic N) is 3. The lowest BCUT2D eigenvalue weighted by Crippen LogP contribution is -2.49. The molecule has 1 saturated heterocycles. The number of aliphatic hydroxyl groups excluding tert-OH is 1. The molecule has 2 N–H and O–H groups in total. The van der Waals surface area contributed by atoms with Gasteiger partial charge < -0.3 is 20.2 Å². The topological polar surface area (TPSA) is 68.7 Å². The lowest BCUT2D eigenvalue weighted by molar-refractivity contribution is 0.110. The molecule has 3 rings (SSSR count). The number of carbonyl (C=O) groups is 1. The first kappa shape index (κ1) is 18.1. The molecule has 2 amide bonds. The summed E-state index contributed by atoms with van der Waals surface area (Å²) in [6.45, 7) is 3.52. The zero-order valence-electron chi connectivity index (χ0n) is 15.1. The monoisotopic (exact) mass is 346 g/mol. The van der Waals surface area contributed by atoms with Crippen LogP contribution in [0.3, 0.4) is 0 Å². The average Bonchev–Trinajstić information content (AvgIpc) is 3.47. The fourth-order valence-electron chi connectivity index (χ4n) is 3.42. The number of carbonyl (C=O) groups excluding carboxylic acids is 1. The van der Waals surface area contributed by atoms with E-state index in [0.29, 0.717) is 12.5 Å². The van der Waals surface area contributed by atoms with Crippen LogP contribution in [-0.2, 0) is 6.42 Å². The fourth-order valence-corrected chi connectivity index (χ4v) is 3.42. The molecule has 2 fully saturated rings. The molecule has 0 bridgehead atoms. The van der Waals surface area contributed by atoms with Crippen molar-refractivity contribution in [3.05, 3.63) is 30.1 Å². The molecule has 1 atom stereocenters. The summed E-state index contributed by atoms with van der Waals surface area (Å²) in [5, 5.41) is 13.1. The third-order valence-electron chi connectivity index (χ3n) is 5.36. The van der Waals surface area contributed by atoms with E-state index < -0.39 is 0 Å². The van der Waals surface area contributed by atoms with Gasteiger partial charge in [-0.05, 0) is 55.7 Å². The van der Waals surface area contributed by atoms with Gasteiger partial charge in [-0.1, -0.05) is 0 Å². The van der Waals surface area contributed by atoms with Crippen LogP contribution in [0.15, 0.2) is 24.5 Å². The van der Waals surface area contributed by atoms with Crippen molar-refractivity contribution in [2.24, 2.45) is 5.92 Å². The van der Waals surface area contributed by atoms with Gasteiger partial charge in [0.25, 0.3) is 0 Å². The van der Waals surface area contributed by atoms with Gasteiger partial charge in [0.1, 0.15) is 0 Å². The van der Waals surface area contributed by atoms with Gasteiger partial charge in [0, 0.05) is 51.7 Å². The minimum Gasteiger partial charge on any atom is -0.391 e. The first-order chi connectivity index (χ1) is 12.1. The fraction of sp³-hybridized carbons (Fsp3) is 0.684. The van der Waals surface area contributed by atoms with Crippen molar-refractivity contribution in [1.29, 1.82) is 0 Å². The lowest BCUT2D eigenvalue weighted by atomic mass is 10.0. The maximum absolute atomic E-state index is 12.3. The molecular weight excluding hydrogens is 316 g/mol. The zero-order valence-corrected chi connectivity index (χ0v) is 15.1. The van der Waals surface area contributed by atoms with Crippen LogP contribution in [0, 0.1) is 5.92 Å². The number of amides is 2. The number of piperidine rings is 1. The third-order valence-corrected chi connectivity index (χ3v) is 5.36. The Morgan fingerprint density at radius 3 is 2.64 bits per heavy atom. The molecule has 1 aliphatic heterocycles. The van der Waals surface area contributed by atoms with Crippen LogP contribution in [0.25, 0.3) is 0 Å². The van der Waals surface area contributed by atoms with Crippen LogP contribution in [0.4, 0.5) is 4.79 Å². The second-order valence-corrected chi connectivity index (χ2v) is 7.46. The van der Waals surface area contributed by atoms with Crippen molar-refractivity contribution in [1.82, 2.24) is 20.1 Å². The number of pyridine rings is 1. The molecule has 6 heteroatoms. The van der Waals surface area contributed by atoms with E-state index in [1.54, 1.807) is 11.9 Å². The van der Waals surface area contributed by atoms with Gasteiger partial charge in [0.15, 0.2) is 0 Å². The van der Waals surface area contributed by atoms with Gasteiger partial charge in [0.05, 0.1) is 6.10 Å². The summed E-state index contributed by atoms with van der Waals surface area (Å²) < 4.78 is 0. The molecule has 6 nitrogen and oxygen atoms in total. The minimum absolute atomic E-state index is 0.0602. The number of aliphatic hydroxyl groups is 1. The van der Waals surface area contributed by atoms with Gasteiger partial charge in [-0.15, -0.1) is 0 Å². The molecule has 1 saturated carbocycles. The van der Waals surface area contributed by atoms with Crippen molar-refractivity contribution < 1.29 is 9.90 Å². The predicted molar refractivity (Wildman–Crippen MR) is 97.3 cm³/mol. The maximum atomic E-state index is 12.3. The van der Waals surface area contributed by atoms with E-state index in [1.807, 2.05) is 12.4 Å². The summed E-state index contributed by atoms with van der Waals surface area (Å²) in [6.07, 6.45) is 8.51. The van der Waals surface area contributed by atoms with Crippen LogP contribution in [0.5, 0.6) is 0 Å². The maximum Gasteiger partial charge on any atom is 0.317 e. The number of hydrogen-bond donors (Lipinski definition) is 2. The Morgan fingerprint density at radius 1 is 1.32 bits per heavy atom. The van der Waals surface area contributed by atoms with E-state index in [9.17, 15) is 9.90 Å². The minimum atomic E-state index is -0.370. The van der Waals surface area contributed by atoms with Gasteiger partial charge in [-0.25, -0.2) is 4.79 Å². The van der Waals surface area contributed by atoms with Crippen LogP contribution in [0.1, 0.15) is 31.2 Å². The molecule has 25 heavy (non-hydrogen) atoms. The first-order valence-electron chi connectivity index (χ1n) is 9.43. The van der Waals surface area contributed by atoms with E-state index in [1.165, 1.54) is 5.56 Å². The van der Waals surface area contributed by atoms with Gasteiger partial charge in [-0.3, -0.25) is 4.98 Å². The van der Waals surface area contributed by atoms with Gasteiger partial charge in [0.2, 0.25) is 0 Å². The van der Waals surface area contributed by atoms with Crippen molar-refractivity contribution in [3.8, 4) is 0 Å². The molecule has 2 aliphatic rings. The number of aromatic nitrogens is 1. The SMILES string of the molecule is CN(CC(O)C1CC1)C(=O)NC1CCN(CCc2ccncc2)CC1. The summed E-state index contributed by atoms with van der Waals surface area (Å²) >= 11 is 0. The highest BCUT2D eigenvalue weighted by Crippen LogP contribution is 2.32. The molecule has 2 heterocycles. The van der Waals surface area contributed by atoms with Crippen molar-refractivity contribution in [2.45, 2.75) is 44.2 Å². The highest BCUT2D eigenvalue weighted by molar-refractivity contribution is 5.74. The van der Waals surface area contributed by atoms with Crippen molar-refractivity contribution >= 4 is 6.03 Å². The Balaban J connectivity index is 1.33. The first-order valence-corrected chi connectivity index (χ1v) is 9.43. The Bertz CT molecular complexity index is 542. The molecule has 1 aromatic rings. The summed E-state index contributed by atoms with van der Waals surface area (Å²) in [6, 6.07) is 4.32. The zero-order chi connectivity index (χ0) is 17.6. The van der Waals surface area contributed by atoms with E-state index in [-0.39, 0.29) is 18.2 Å². The van der Waals surface area contributed by atoms with Crippen LogP contribution >= 0.6 is 0 Å². The summed E-state index contributed by atoms with van der Waals surface area (Å²) in [5.74, 6) is 0.402. The normalized spacial score (nSPS) is 20.2. The molecule has 1 aromatic heterocycles. The smallest absolute Gasteiger partial charge is 0.317 e. The lowest BCUT2D eigenvalue weighted by Gasteiger charge is -2.33. The molecule has 1 unspecified atom stereocenters. The standard InChI is InChI=1S/C19H30N4O2/c1-22(14-18(24)16-2-3-16)19(25)21-17-7-12-23(13-8-17)11-6-15-4-9-20-10-5-15/h4-5,9-10,16-18,24H,2-3,6-8,11-14H2,1H3,(H,21,25). The largest absolute Gasteiger partial charge is 0.391 e. The number of likely N-dealkylation sites (N-methyl/N-ethyl adjacent to an activating group) is 1. The molecular formula is C19H30N4O2. The Labute approximate surface area is 150 Å². The van der Waals surface area contributed by atoms with E-state index >= 15 is 0 Å². The van der Waals surface area contributed by atoms with E-state index in [2.05, 4.69) is 27.3 Å². The highest BCUT2D eigenvalue weighted by Gasteiger charge is 2.31. The average molecular weight is 346 g/mol. The molecule has 138 valence electrons. The van der Waals surface area contributed by atoms with Crippen molar-refractivity contribution in [2.75, 3.05) is 33.2 Å². The summed E-state index contributed by atoms with van der Waals surface area (Å²) in [5.41, 5.74) is 1.32. The summed E-state index contributed by atoms with van der Waals surface area (Å²) in [7, 11) is 1.77. The summed E-state index contributed by atoms with van der Waals surface area (Å²) in [4.78, 5) is 20.4. The number of hydrogen-bond acceptors (Lipinski definition) is 4. The van der Waals surface area contributed by atoms with E-state index in [4.69, 9.17) is 0 Å². The second kappa shape index (κ2) is 8.63. The Morgan fingerprint density at radius 2 is 2.00 bits per heavy atom. The van der Waals surface area contributed by atoms with Gasteiger partial charge >= 0.3 is 6.03 Å². The Kier molecular flexibility index (Phi) is 6.26. The number of likely N-dealkylation sites (tertiary alicyclic amines) is 1. The molecule has 0 aromatic carbocycles. The Hall–Kier alpha value is -1.66. The highest BCUT2D eigenvalue weighted by atomic mass is 16.3. The van der Waals surface area contributed by atoms with Crippen LogP contribution < -0.4 is 5.32 Å². The van der Waals surface area contributed by atoms with Crippen molar-refractivity contribution in [3.63, 3.8) is 0 Å². The molecule has 0 spiro atoms. The van der Waals surface area contributed by atoms with Gasteiger partial charge in [-0.2, -0.15) is 0 Å². The number of nitrogens with one attached hydrogen (secondary N) is 1. The number of urea groups is 1. The molecule has 0 radical (unpaired) electrons. The number of rotatable bonds is 7. The predicted octanol–water partition coefficient (Wildman–Crippen LogP) is 1.50. The third kappa shape index (κ3) is 5.68. The van der Waals surface area contributed by atoms with E-state index in [0.717, 1.165) is 51.7 Å². The van der Waals surface area contributed by atoms with Crippen LogP contribution in [0.2, 0.25) is 0 Å². The molecule has 1 aliphatic carbocycles. The quantitative estimate of drug-likeness (QED) is 0.785.